The first-order valence-corrected chi connectivity index (χ1v) is 8.98. The zero-order valence-corrected chi connectivity index (χ0v) is 15.9. The topological polar surface area (TPSA) is 63.1 Å². The zero-order valence-electron chi connectivity index (χ0n) is 15.1. The van der Waals surface area contributed by atoms with Gasteiger partial charge >= 0.3 is 6.09 Å². The predicted molar refractivity (Wildman–Crippen MR) is 97.2 cm³/mol. The summed E-state index contributed by atoms with van der Waals surface area (Å²) in [7, 11) is 0. The average molecular weight is 369 g/mol. The SMILES string of the molecule is CC(C)(C)OC(=O)N1CC[NH+](CCNC(=O)c2ccc(Cl)cc2)CC1. The molecular formula is C18H27ClN3O3+. The maximum absolute atomic E-state index is 12.0. The average Bonchev–Trinajstić information content (AvgIpc) is 2.54. The van der Waals surface area contributed by atoms with Crippen LogP contribution < -0.4 is 10.2 Å². The van der Waals surface area contributed by atoms with Crippen LogP contribution in [0.1, 0.15) is 31.1 Å². The van der Waals surface area contributed by atoms with Gasteiger partial charge in [-0.2, -0.15) is 0 Å². The summed E-state index contributed by atoms with van der Waals surface area (Å²) >= 11 is 5.82. The van der Waals surface area contributed by atoms with Crippen molar-refractivity contribution >= 4 is 23.6 Å². The summed E-state index contributed by atoms with van der Waals surface area (Å²) in [6.45, 7) is 10.1. The zero-order chi connectivity index (χ0) is 18.4. The summed E-state index contributed by atoms with van der Waals surface area (Å²) in [6.07, 6.45) is -0.248. The van der Waals surface area contributed by atoms with Gasteiger partial charge in [-0.1, -0.05) is 11.6 Å². The van der Waals surface area contributed by atoms with Crippen LogP contribution in [-0.2, 0) is 4.74 Å². The van der Waals surface area contributed by atoms with E-state index >= 15 is 0 Å². The Labute approximate surface area is 154 Å². The summed E-state index contributed by atoms with van der Waals surface area (Å²) in [5, 5.41) is 3.54. The molecule has 2 N–H and O–H groups in total. The van der Waals surface area contributed by atoms with Crippen molar-refractivity contribution in [2.45, 2.75) is 26.4 Å². The van der Waals surface area contributed by atoms with Crippen molar-refractivity contribution in [2.24, 2.45) is 0 Å². The highest BCUT2D eigenvalue weighted by Crippen LogP contribution is 2.10. The van der Waals surface area contributed by atoms with Gasteiger partial charge in [-0.05, 0) is 45.0 Å². The number of halogens is 1. The van der Waals surface area contributed by atoms with E-state index in [1.54, 1.807) is 29.2 Å². The Balaban J connectivity index is 1.68. The molecular weight excluding hydrogens is 342 g/mol. The monoisotopic (exact) mass is 368 g/mol. The number of nitrogens with one attached hydrogen (secondary N) is 2. The minimum Gasteiger partial charge on any atom is -0.444 e. The van der Waals surface area contributed by atoms with Crippen molar-refractivity contribution < 1.29 is 19.2 Å². The third-order valence-electron chi connectivity index (χ3n) is 3.99. The number of ether oxygens (including phenoxy) is 1. The van der Waals surface area contributed by atoms with E-state index in [1.165, 1.54) is 4.90 Å². The van der Waals surface area contributed by atoms with Crippen molar-refractivity contribution in [2.75, 3.05) is 39.3 Å². The molecule has 0 atom stereocenters. The predicted octanol–water partition coefficient (Wildman–Crippen LogP) is 1.21. The third kappa shape index (κ3) is 6.55. The van der Waals surface area contributed by atoms with Gasteiger partial charge in [0.05, 0.1) is 39.3 Å². The quantitative estimate of drug-likeness (QED) is 0.839. The minimum atomic E-state index is -0.465. The molecule has 1 heterocycles. The van der Waals surface area contributed by atoms with Crippen LogP contribution in [-0.4, -0.2) is 61.8 Å². The van der Waals surface area contributed by atoms with Gasteiger partial charge in [0, 0.05) is 10.6 Å². The number of piperazine rings is 1. The second-order valence-electron chi connectivity index (χ2n) is 7.23. The Morgan fingerprint density at radius 3 is 2.36 bits per heavy atom. The molecule has 138 valence electrons. The minimum absolute atomic E-state index is 0.0940. The molecule has 1 saturated heterocycles. The molecule has 1 aliphatic heterocycles. The van der Waals surface area contributed by atoms with E-state index in [-0.39, 0.29) is 12.0 Å². The summed E-state index contributed by atoms with van der Waals surface area (Å²) in [6, 6.07) is 6.84. The number of benzene rings is 1. The van der Waals surface area contributed by atoms with Crippen molar-refractivity contribution in [3.63, 3.8) is 0 Å². The summed E-state index contributed by atoms with van der Waals surface area (Å²) in [5.74, 6) is -0.0940. The smallest absolute Gasteiger partial charge is 0.410 e. The van der Waals surface area contributed by atoms with Gasteiger partial charge in [0.1, 0.15) is 5.60 Å². The Hall–Kier alpha value is -1.79. The summed E-state index contributed by atoms with van der Waals surface area (Å²) in [4.78, 5) is 27.2. The lowest BCUT2D eigenvalue weighted by molar-refractivity contribution is -0.902. The molecule has 2 rings (SSSR count). The molecule has 0 spiro atoms. The van der Waals surface area contributed by atoms with Crippen LogP contribution in [0.25, 0.3) is 0 Å². The van der Waals surface area contributed by atoms with Crippen LogP contribution in [0.2, 0.25) is 5.02 Å². The van der Waals surface area contributed by atoms with Crippen LogP contribution in [0.5, 0.6) is 0 Å². The van der Waals surface area contributed by atoms with Crippen LogP contribution >= 0.6 is 11.6 Å². The number of hydrogen-bond acceptors (Lipinski definition) is 3. The molecule has 0 saturated carbocycles. The maximum atomic E-state index is 12.0. The fourth-order valence-corrected chi connectivity index (χ4v) is 2.76. The maximum Gasteiger partial charge on any atom is 0.410 e. The highest BCUT2D eigenvalue weighted by molar-refractivity contribution is 6.30. The highest BCUT2D eigenvalue weighted by atomic mass is 35.5. The first-order chi connectivity index (χ1) is 11.7. The molecule has 0 unspecified atom stereocenters. The molecule has 0 radical (unpaired) electrons. The largest absolute Gasteiger partial charge is 0.444 e. The molecule has 0 bridgehead atoms. The Morgan fingerprint density at radius 1 is 1.20 bits per heavy atom. The molecule has 1 aromatic rings. The van der Waals surface area contributed by atoms with Gasteiger partial charge in [-0.15, -0.1) is 0 Å². The number of nitrogens with zero attached hydrogens (tertiary/aromatic N) is 1. The lowest BCUT2D eigenvalue weighted by Crippen LogP contribution is -3.15. The summed E-state index contributed by atoms with van der Waals surface area (Å²) in [5.41, 5.74) is 0.140. The van der Waals surface area contributed by atoms with Crippen molar-refractivity contribution in [1.82, 2.24) is 10.2 Å². The number of amides is 2. The van der Waals surface area contributed by atoms with E-state index < -0.39 is 5.60 Å². The normalized spacial score (nSPS) is 15.8. The van der Waals surface area contributed by atoms with Crippen LogP contribution in [0.15, 0.2) is 24.3 Å². The van der Waals surface area contributed by atoms with Crippen molar-refractivity contribution in [3.8, 4) is 0 Å². The van der Waals surface area contributed by atoms with E-state index in [0.717, 1.165) is 19.6 Å². The summed E-state index contributed by atoms with van der Waals surface area (Å²) < 4.78 is 5.39. The van der Waals surface area contributed by atoms with E-state index in [0.29, 0.717) is 30.2 Å². The Morgan fingerprint density at radius 2 is 1.80 bits per heavy atom. The number of carbonyl (C=O) groups excluding carboxylic acids is 2. The molecule has 1 aliphatic rings. The first kappa shape index (κ1) is 19.5. The van der Waals surface area contributed by atoms with Gasteiger partial charge in [0.2, 0.25) is 0 Å². The van der Waals surface area contributed by atoms with Gasteiger partial charge < -0.3 is 15.0 Å². The Kier molecular flexibility index (Phi) is 6.67. The highest BCUT2D eigenvalue weighted by Gasteiger charge is 2.27. The number of rotatable bonds is 4. The van der Waals surface area contributed by atoms with Crippen LogP contribution in [0.4, 0.5) is 4.79 Å². The van der Waals surface area contributed by atoms with Gasteiger partial charge in [-0.25, -0.2) is 4.79 Å². The number of quaternary nitrogens is 1. The molecule has 0 aromatic heterocycles. The molecule has 0 aliphatic carbocycles. The molecule has 2 amide bonds. The first-order valence-electron chi connectivity index (χ1n) is 8.60. The molecule has 1 fully saturated rings. The lowest BCUT2D eigenvalue weighted by atomic mass is 10.2. The molecule has 7 heteroatoms. The van der Waals surface area contributed by atoms with E-state index in [9.17, 15) is 9.59 Å². The van der Waals surface area contributed by atoms with E-state index in [1.807, 2.05) is 20.8 Å². The van der Waals surface area contributed by atoms with E-state index in [2.05, 4.69) is 5.32 Å². The number of carbonyl (C=O) groups is 2. The third-order valence-corrected chi connectivity index (χ3v) is 4.24. The van der Waals surface area contributed by atoms with Gasteiger partial charge in [0.25, 0.3) is 5.91 Å². The van der Waals surface area contributed by atoms with E-state index in [4.69, 9.17) is 16.3 Å². The second kappa shape index (κ2) is 8.54. The fourth-order valence-electron chi connectivity index (χ4n) is 2.64. The standard InChI is InChI=1S/C18H26ClN3O3/c1-18(2,3)25-17(24)22-12-10-21(11-13-22)9-8-20-16(23)14-4-6-15(19)7-5-14/h4-7H,8-13H2,1-3H3,(H,20,23)/p+1. The van der Waals surface area contributed by atoms with Crippen molar-refractivity contribution in [3.05, 3.63) is 34.9 Å². The second-order valence-corrected chi connectivity index (χ2v) is 7.67. The van der Waals surface area contributed by atoms with Gasteiger partial charge in [0.15, 0.2) is 0 Å². The van der Waals surface area contributed by atoms with Crippen LogP contribution in [0, 0.1) is 0 Å². The lowest BCUT2D eigenvalue weighted by Gasteiger charge is -2.33. The molecule has 25 heavy (non-hydrogen) atoms. The number of hydrogen-bond donors (Lipinski definition) is 2. The molecule has 6 nitrogen and oxygen atoms in total. The fraction of sp³-hybridized carbons (Fsp3) is 0.556. The van der Waals surface area contributed by atoms with Crippen molar-refractivity contribution in [1.29, 1.82) is 0 Å². The van der Waals surface area contributed by atoms with Crippen LogP contribution in [0.3, 0.4) is 0 Å². The molecule has 1 aromatic carbocycles. The van der Waals surface area contributed by atoms with Gasteiger partial charge in [-0.3, -0.25) is 9.69 Å². The Bertz CT molecular complexity index is 591.